The average Bonchev–Trinajstić information content (AvgIpc) is 2.64. The van der Waals surface area contributed by atoms with E-state index in [1.54, 1.807) is 0 Å². The summed E-state index contributed by atoms with van der Waals surface area (Å²) in [5.74, 6) is -0.771. The predicted octanol–water partition coefficient (Wildman–Crippen LogP) is 0.597. The van der Waals surface area contributed by atoms with Crippen LogP contribution in [0.5, 0.6) is 0 Å². The van der Waals surface area contributed by atoms with Crippen LogP contribution in [0.15, 0.2) is 53.4 Å². The second kappa shape index (κ2) is 7.53. The van der Waals surface area contributed by atoms with Crippen LogP contribution in [-0.4, -0.2) is 51.9 Å². The van der Waals surface area contributed by atoms with E-state index < -0.39 is 10.0 Å². The number of hydrogen-bond acceptors (Lipinski definition) is 3. The molecule has 0 spiro atoms. The molecule has 1 heterocycles. The number of quaternary nitrogens is 1. The molecule has 8 heteroatoms. The number of nitrogens with one attached hydrogen (secondary N) is 2. The van der Waals surface area contributed by atoms with Gasteiger partial charge in [0.2, 0.25) is 10.0 Å². The first-order chi connectivity index (χ1) is 12.4. The van der Waals surface area contributed by atoms with Crippen molar-refractivity contribution < 1.29 is 22.5 Å². The topological polar surface area (TPSA) is 70.9 Å². The molecule has 1 fully saturated rings. The molecule has 3 rings (SSSR count). The van der Waals surface area contributed by atoms with Crippen LogP contribution < -0.4 is 10.2 Å². The van der Waals surface area contributed by atoms with Gasteiger partial charge in [-0.15, -0.1) is 0 Å². The molecule has 0 unspecified atom stereocenters. The van der Waals surface area contributed by atoms with Crippen LogP contribution in [0.25, 0.3) is 0 Å². The molecule has 0 saturated carbocycles. The number of nitrogens with zero attached hydrogens (tertiary/aromatic N) is 1. The third kappa shape index (κ3) is 4.09. The molecule has 1 amide bonds. The van der Waals surface area contributed by atoms with E-state index in [9.17, 15) is 17.6 Å². The van der Waals surface area contributed by atoms with Gasteiger partial charge in [-0.1, -0.05) is 0 Å². The van der Waals surface area contributed by atoms with Gasteiger partial charge < -0.3 is 10.2 Å². The number of anilines is 1. The van der Waals surface area contributed by atoms with Gasteiger partial charge in [0.05, 0.1) is 38.1 Å². The average molecular weight is 378 g/mol. The highest BCUT2D eigenvalue weighted by Crippen LogP contribution is 2.17. The molecule has 0 radical (unpaired) electrons. The maximum absolute atomic E-state index is 12.9. The Morgan fingerprint density at radius 2 is 1.62 bits per heavy atom. The molecule has 2 N–H and O–H groups in total. The first kappa shape index (κ1) is 18.5. The summed E-state index contributed by atoms with van der Waals surface area (Å²) in [5, 5.41) is 2.64. The van der Waals surface area contributed by atoms with E-state index in [1.807, 2.05) is 7.05 Å². The zero-order valence-corrected chi connectivity index (χ0v) is 15.2. The highest BCUT2D eigenvalue weighted by atomic mass is 32.2. The molecule has 26 heavy (non-hydrogen) atoms. The lowest BCUT2D eigenvalue weighted by atomic mass is 10.2. The van der Waals surface area contributed by atoms with Crippen LogP contribution in [0.3, 0.4) is 0 Å². The third-order valence-electron chi connectivity index (χ3n) is 4.43. The summed E-state index contributed by atoms with van der Waals surface area (Å²) in [6.07, 6.45) is 0. The van der Waals surface area contributed by atoms with Crippen LogP contribution in [0.1, 0.15) is 10.4 Å². The zero-order chi connectivity index (χ0) is 18.7. The first-order valence-corrected chi connectivity index (χ1v) is 9.79. The Hall–Kier alpha value is -2.29. The number of benzene rings is 2. The molecular weight excluding hydrogens is 357 g/mol. The van der Waals surface area contributed by atoms with Crippen molar-refractivity contribution >= 4 is 21.6 Å². The summed E-state index contributed by atoms with van der Waals surface area (Å²) in [6.45, 7) is 2.52. The van der Waals surface area contributed by atoms with Crippen molar-refractivity contribution in [2.45, 2.75) is 4.90 Å². The van der Waals surface area contributed by atoms with Gasteiger partial charge in [-0.05, 0) is 48.5 Å². The van der Waals surface area contributed by atoms with E-state index in [0.717, 1.165) is 13.1 Å². The van der Waals surface area contributed by atoms with E-state index >= 15 is 0 Å². The van der Waals surface area contributed by atoms with Gasteiger partial charge in [-0.3, -0.25) is 4.79 Å². The van der Waals surface area contributed by atoms with Crippen molar-refractivity contribution in [2.75, 3.05) is 38.5 Å². The number of amides is 1. The number of likely N-dealkylation sites (N-methyl/N-ethyl adjacent to an activating group) is 1. The monoisotopic (exact) mass is 378 g/mol. The van der Waals surface area contributed by atoms with Crippen molar-refractivity contribution in [1.82, 2.24) is 4.31 Å². The molecule has 1 saturated heterocycles. The minimum absolute atomic E-state index is 0.176. The molecular formula is C18H21FN3O3S+. The van der Waals surface area contributed by atoms with Crippen molar-refractivity contribution in [2.24, 2.45) is 0 Å². The number of sulfonamides is 1. The molecule has 2 aromatic carbocycles. The third-order valence-corrected chi connectivity index (χ3v) is 6.35. The van der Waals surface area contributed by atoms with Crippen LogP contribution in [-0.2, 0) is 10.0 Å². The van der Waals surface area contributed by atoms with Gasteiger partial charge in [-0.25, -0.2) is 12.8 Å². The smallest absolute Gasteiger partial charge is 0.255 e. The fraction of sp³-hybridized carbons (Fsp3) is 0.278. The number of halogens is 1. The number of carbonyl (C=O) groups excluding carboxylic acids is 1. The summed E-state index contributed by atoms with van der Waals surface area (Å²) in [7, 11) is -1.50. The van der Waals surface area contributed by atoms with Gasteiger partial charge in [0.25, 0.3) is 5.91 Å². The summed E-state index contributed by atoms with van der Waals surface area (Å²) < 4.78 is 39.7. The Labute approximate surface area is 152 Å². The largest absolute Gasteiger partial charge is 0.335 e. The predicted molar refractivity (Wildman–Crippen MR) is 96.2 cm³/mol. The van der Waals surface area contributed by atoms with Crippen molar-refractivity contribution in [3.8, 4) is 0 Å². The Morgan fingerprint density at radius 1 is 1.04 bits per heavy atom. The number of hydrogen-bond donors (Lipinski definition) is 2. The van der Waals surface area contributed by atoms with Crippen molar-refractivity contribution in [3.05, 3.63) is 59.9 Å². The summed E-state index contributed by atoms with van der Waals surface area (Å²) in [5.41, 5.74) is 0.795. The fourth-order valence-electron chi connectivity index (χ4n) is 2.77. The van der Waals surface area contributed by atoms with Gasteiger partial charge in [0.15, 0.2) is 0 Å². The minimum Gasteiger partial charge on any atom is -0.335 e. The lowest BCUT2D eigenvalue weighted by Crippen LogP contribution is -3.12. The standard InChI is InChI=1S/C18H20FN3O3S/c1-21-10-12-22(13-11-21)26(24,25)17-8-2-14(3-9-17)18(23)20-16-6-4-15(19)5-7-16/h2-9H,10-13H2,1H3,(H,20,23)/p+1. The lowest BCUT2D eigenvalue weighted by molar-refractivity contribution is -0.883. The first-order valence-electron chi connectivity index (χ1n) is 8.35. The Kier molecular flexibility index (Phi) is 5.36. The maximum Gasteiger partial charge on any atom is 0.255 e. The lowest BCUT2D eigenvalue weighted by Gasteiger charge is -2.29. The molecule has 2 aromatic rings. The molecule has 6 nitrogen and oxygen atoms in total. The Morgan fingerprint density at radius 3 is 2.19 bits per heavy atom. The maximum atomic E-state index is 12.9. The number of carbonyl (C=O) groups is 1. The Bertz CT molecular complexity index is 875. The van der Waals surface area contributed by atoms with Crippen LogP contribution in [0, 0.1) is 5.82 Å². The van der Waals surface area contributed by atoms with E-state index in [4.69, 9.17) is 0 Å². The molecule has 0 bridgehead atoms. The Balaban J connectivity index is 1.71. The SMILES string of the molecule is C[NH+]1CCN(S(=O)(=O)c2ccc(C(=O)Nc3ccc(F)cc3)cc2)CC1. The summed E-state index contributed by atoms with van der Waals surface area (Å²) in [6, 6.07) is 11.3. The van der Waals surface area contributed by atoms with Crippen molar-refractivity contribution in [3.63, 3.8) is 0 Å². The van der Waals surface area contributed by atoms with Gasteiger partial charge in [0, 0.05) is 11.3 Å². The second-order valence-electron chi connectivity index (χ2n) is 6.35. The summed E-state index contributed by atoms with van der Waals surface area (Å²) >= 11 is 0. The molecule has 138 valence electrons. The second-order valence-corrected chi connectivity index (χ2v) is 8.28. The van der Waals surface area contributed by atoms with Crippen LogP contribution in [0.2, 0.25) is 0 Å². The van der Waals surface area contributed by atoms with Crippen molar-refractivity contribution in [1.29, 1.82) is 0 Å². The number of rotatable bonds is 4. The van der Waals surface area contributed by atoms with E-state index in [0.29, 0.717) is 24.3 Å². The molecule has 0 aromatic heterocycles. The quantitative estimate of drug-likeness (QED) is 0.819. The highest BCUT2D eigenvalue weighted by molar-refractivity contribution is 7.89. The van der Waals surface area contributed by atoms with E-state index in [-0.39, 0.29) is 16.6 Å². The molecule has 1 aliphatic rings. The van der Waals surface area contributed by atoms with Crippen LogP contribution in [0.4, 0.5) is 10.1 Å². The molecule has 0 atom stereocenters. The molecule has 0 aliphatic carbocycles. The number of piperazine rings is 1. The zero-order valence-electron chi connectivity index (χ0n) is 14.4. The fourth-order valence-corrected chi connectivity index (χ4v) is 4.21. The van der Waals surface area contributed by atoms with Gasteiger partial charge >= 0.3 is 0 Å². The van der Waals surface area contributed by atoms with E-state index in [1.165, 1.54) is 57.7 Å². The highest BCUT2D eigenvalue weighted by Gasteiger charge is 2.29. The van der Waals surface area contributed by atoms with Gasteiger partial charge in [0.1, 0.15) is 5.82 Å². The molecule has 1 aliphatic heterocycles. The van der Waals surface area contributed by atoms with E-state index in [2.05, 4.69) is 5.32 Å². The minimum atomic E-state index is -3.54. The normalized spacial score (nSPS) is 16.4. The summed E-state index contributed by atoms with van der Waals surface area (Å²) in [4.78, 5) is 13.7. The van der Waals surface area contributed by atoms with Gasteiger partial charge in [-0.2, -0.15) is 4.31 Å². The van der Waals surface area contributed by atoms with Crippen LogP contribution >= 0.6 is 0 Å².